The van der Waals surface area contributed by atoms with Crippen molar-refractivity contribution in [3.8, 4) is 0 Å². The van der Waals surface area contributed by atoms with Gasteiger partial charge in [-0.1, -0.05) is 15.9 Å². The molecule has 1 aliphatic rings. The number of hydrogen-bond donors (Lipinski definition) is 3. The van der Waals surface area contributed by atoms with Crippen LogP contribution in [-0.2, 0) is 14.8 Å². The summed E-state index contributed by atoms with van der Waals surface area (Å²) in [5.74, 6) is -0.327. The number of hydrogen-bond acceptors (Lipinski definition) is 4. The molecule has 0 aromatic heterocycles. The van der Waals surface area contributed by atoms with Gasteiger partial charge in [0.2, 0.25) is 15.9 Å². The Bertz CT molecular complexity index is 629. The molecule has 1 amide bonds. The van der Waals surface area contributed by atoms with Crippen LogP contribution in [0.1, 0.15) is 19.8 Å². The van der Waals surface area contributed by atoms with E-state index in [1.807, 2.05) is 0 Å². The van der Waals surface area contributed by atoms with Gasteiger partial charge in [-0.05, 0) is 38.0 Å². The summed E-state index contributed by atoms with van der Waals surface area (Å²) < 4.78 is 27.4. The van der Waals surface area contributed by atoms with Crippen LogP contribution in [0.4, 0.5) is 5.69 Å². The van der Waals surface area contributed by atoms with Gasteiger partial charge in [0.05, 0.1) is 11.7 Å². The third-order valence-corrected chi connectivity index (χ3v) is 5.02. The Morgan fingerprint density at radius 1 is 1.45 bits per heavy atom. The number of benzene rings is 1. The van der Waals surface area contributed by atoms with Crippen LogP contribution in [0.2, 0.25) is 0 Å². The van der Waals surface area contributed by atoms with Gasteiger partial charge in [-0.25, -0.2) is 8.42 Å². The lowest BCUT2D eigenvalue weighted by Gasteiger charge is -2.15. The fourth-order valence-electron chi connectivity index (χ4n) is 1.67. The van der Waals surface area contributed by atoms with Crippen LogP contribution < -0.4 is 15.8 Å². The van der Waals surface area contributed by atoms with Gasteiger partial charge in [-0.15, -0.1) is 0 Å². The van der Waals surface area contributed by atoms with Crippen molar-refractivity contribution in [2.24, 2.45) is 0 Å². The molecule has 1 unspecified atom stereocenters. The van der Waals surface area contributed by atoms with E-state index >= 15 is 0 Å². The minimum atomic E-state index is -3.82. The number of sulfonamides is 1. The SMILES string of the molecule is CC(NS(=O)(=O)c1ccc(Br)cc1N)C(=O)NC1CC1. The van der Waals surface area contributed by atoms with Gasteiger partial charge >= 0.3 is 0 Å². The molecule has 1 aliphatic carbocycles. The first-order valence-electron chi connectivity index (χ1n) is 6.17. The Labute approximate surface area is 126 Å². The van der Waals surface area contributed by atoms with Crippen LogP contribution in [0.25, 0.3) is 0 Å². The molecule has 1 atom stereocenters. The third kappa shape index (κ3) is 3.71. The molecule has 0 aliphatic heterocycles. The van der Waals surface area contributed by atoms with Gasteiger partial charge in [0.1, 0.15) is 4.90 Å². The van der Waals surface area contributed by atoms with E-state index in [1.54, 1.807) is 6.07 Å². The van der Waals surface area contributed by atoms with Crippen LogP contribution in [-0.4, -0.2) is 26.4 Å². The van der Waals surface area contributed by atoms with Gasteiger partial charge in [0.25, 0.3) is 0 Å². The van der Waals surface area contributed by atoms with Crippen LogP contribution >= 0.6 is 15.9 Å². The molecule has 0 radical (unpaired) electrons. The Morgan fingerprint density at radius 3 is 2.65 bits per heavy atom. The first-order chi connectivity index (χ1) is 9.29. The van der Waals surface area contributed by atoms with Crippen molar-refractivity contribution in [3.63, 3.8) is 0 Å². The number of nitrogens with two attached hydrogens (primary N) is 1. The van der Waals surface area contributed by atoms with Crippen molar-refractivity contribution in [2.75, 3.05) is 5.73 Å². The predicted molar refractivity (Wildman–Crippen MR) is 79.5 cm³/mol. The molecule has 6 nitrogen and oxygen atoms in total. The van der Waals surface area contributed by atoms with Gasteiger partial charge < -0.3 is 11.1 Å². The largest absolute Gasteiger partial charge is 0.398 e. The van der Waals surface area contributed by atoms with Crippen LogP contribution in [0.3, 0.4) is 0 Å². The van der Waals surface area contributed by atoms with Crippen molar-refractivity contribution in [1.82, 2.24) is 10.0 Å². The minimum Gasteiger partial charge on any atom is -0.398 e. The first kappa shape index (κ1) is 15.3. The summed E-state index contributed by atoms with van der Waals surface area (Å²) in [4.78, 5) is 11.7. The number of anilines is 1. The normalized spacial score (nSPS) is 16.7. The molecule has 20 heavy (non-hydrogen) atoms. The minimum absolute atomic E-state index is 0.0354. The molecule has 0 spiro atoms. The van der Waals surface area contributed by atoms with Crippen molar-refractivity contribution in [3.05, 3.63) is 22.7 Å². The highest BCUT2D eigenvalue weighted by Crippen LogP contribution is 2.23. The smallest absolute Gasteiger partial charge is 0.243 e. The van der Waals surface area contributed by atoms with Crippen LogP contribution in [0.5, 0.6) is 0 Å². The highest BCUT2D eigenvalue weighted by atomic mass is 79.9. The Hall–Kier alpha value is -1.12. The molecule has 2 rings (SSSR count). The molecule has 1 saturated carbocycles. The summed E-state index contributed by atoms with van der Waals surface area (Å²) >= 11 is 3.21. The lowest BCUT2D eigenvalue weighted by atomic mass is 10.3. The Kier molecular flexibility index (Phi) is 4.36. The molecule has 1 fully saturated rings. The molecule has 8 heteroatoms. The highest BCUT2D eigenvalue weighted by Gasteiger charge is 2.28. The van der Waals surface area contributed by atoms with Crippen molar-refractivity contribution >= 4 is 37.5 Å². The molecule has 1 aromatic rings. The van der Waals surface area contributed by atoms with Crippen molar-refractivity contribution < 1.29 is 13.2 Å². The maximum atomic E-state index is 12.2. The summed E-state index contributed by atoms with van der Waals surface area (Å²) in [5.41, 5.74) is 5.83. The monoisotopic (exact) mass is 361 g/mol. The van der Waals surface area contributed by atoms with E-state index in [0.29, 0.717) is 4.47 Å². The van der Waals surface area contributed by atoms with E-state index in [-0.39, 0.29) is 22.5 Å². The zero-order chi connectivity index (χ0) is 14.9. The zero-order valence-electron chi connectivity index (χ0n) is 10.9. The number of carbonyl (C=O) groups excluding carboxylic acids is 1. The molecule has 0 saturated heterocycles. The van der Waals surface area contributed by atoms with E-state index < -0.39 is 16.1 Å². The number of nitrogen functional groups attached to an aromatic ring is 1. The molecular weight excluding hydrogens is 346 g/mol. The number of halogens is 1. The fourth-order valence-corrected chi connectivity index (χ4v) is 3.36. The first-order valence-corrected chi connectivity index (χ1v) is 8.45. The lowest BCUT2D eigenvalue weighted by Crippen LogP contribution is -2.45. The Balaban J connectivity index is 2.11. The summed E-state index contributed by atoms with van der Waals surface area (Å²) in [6.45, 7) is 1.50. The summed E-state index contributed by atoms with van der Waals surface area (Å²) in [5, 5.41) is 2.75. The van der Waals surface area contributed by atoms with Gasteiger partial charge in [0.15, 0.2) is 0 Å². The number of nitrogens with one attached hydrogen (secondary N) is 2. The maximum absolute atomic E-state index is 12.2. The second-order valence-corrected chi connectivity index (χ2v) is 7.41. The van der Waals surface area contributed by atoms with Crippen LogP contribution in [0.15, 0.2) is 27.6 Å². The summed E-state index contributed by atoms with van der Waals surface area (Å²) in [6.07, 6.45) is 1.90. The third-order valence-electron chi connectivity index (χ3n) is 2.91. The van der Waals surface area contributed by atoms with Crippen molar-refractivity contribution in [1.29, 1.82) is 0 Å². The van der Waals surface area contributed by atoms with Crippen LogP contribution in [0, 0.1) is 0 Å². The van der Waals surface area contributed by atoms with Gasteiger partial charge in [-0.3, -0.25) is 4.79 Å². The second-order valence-electron chi connectivity index (χ2n) is 4.81. The van der Waals surface area contributed by atoms with Gasteiger partial charge in [-0.2, -0.15) is 4.72 Å². The van der Waals surface area contributed by atoms with E-state index in [9.17, 15) is 13.2 Å². The van der Waals surface area contributed by atoms with E-state index in [0.717, 1.165) is 12.8 Å². The molecule has 110 valence electrons. The summed E-state index contributed by atoms with van der Waals surface area (Å²) in [7, 11) is -3.82. The second kappa shape index (κ2) is 5.71. The van der Waals surface area contributed by atoms with Crippen molar-refractivity contribution in [2.45, 2.75) is 36.7 Å². The Morgan fingerprint density at radius 2 is 2.10 bits per heavy atom. The average Bonchev–Trinajstić information content (AvgIpc) is 3.11. The van der Waals surface area contributed by atoms with E-state index in [4.69, 9.17) is 5.73 Å². The average molecular weight is 362 g/mol. The number of amides is 1. The number of rotatable bonds is 5. The molecular formula is C12H16BrN3O3S. The fraction of sp³-hybridized carbons (Fsp3) is 0.417. The molecule has 4 N–H and O–H groups in total. The molecule has 0 heterocycles. The molecule has 0 bridgehead atoms. The number of carbonyl (C=O) groups is 1. The topological polar surface area (TPSA) is 101 Å². The lowest BCUT2D eigenvalue weighted by molar-refractivity contribution is -0.122. The van der Waals surface area contributed by atoms with Gasteiger partial charge in [0, 0.05) is 10.5 Å². The van der Waals surface area contributed by atoms with E-state index in [1.165, 1.54) is 19.1 Å². The highest BCUT2D eigenvalue weighted by molar-refractivity contribution is 9.10. The summed E-state index contributed by atoms with van der Waals surface area (Å²) in [6, 6.07) is 3.83. The molecule has 1 aromatic carbocycles. The zero-order valence-corrected chi connectivity index (χ0v) is 13.3. The predicted octanol–water partition coefficient (Wildman–Crippen LogP) is 0.977. The quantitative estimate of drug-likeness (QED) is 0.680. The standard InChI is InChI=1S/C12H16BrN3O3S/c1-7(12(17)15-9-3-4-9)16-20(18,19)11-5-2-8(13)6-10(11)14/h2,5-7,9,16H,3-4,14H2,1H3,(H,15,17). The van der Waals surface area contributed by atoms with E-state index in [2.05, 4.69) is 26.0 Å². The maximum Gasteiger partial charge on any atom is 0.243 e.